The van der Waals surface area contributed by atoms with Crippen molar-refractivity contribution in [2.24, 2.45) is 5.92 Å². The van der Waals surface area contributed by atoms with E-state index in [1.807, 2.05) is 50.8 Å². The summed E-state index contributed by atoms with van der Waals surface area (Å²) in [6.07, 6.45) is 5.83. The van der Waals surface area contributed by atoms with E-state index in [0.717, 1.165) is 36.3 Å². The van der Waals surface area contributed by atoms with E-state index in [1.165, 1.54) is 11.1 Å². The second-order valence-corrected chi connectivity index (χ2v) is 11.9. The zero-order chi connectivity index (χ0) is 28.1. The monoisotopic (exact) mass is 527 g/mol. The van der Waals surface area contributed by atoms with Crippen LogP contribution in [0.1, 0.15) is 63.9 Å². The zero-order valence-electron chi connectivity index (χ0n) is 23.8. The number of hydrogen-bond acceptors (Lipinski definition) is 6. The van der Waals surface area contributed by atoms with E-state index in [2.05, 4.69) is 48.2 Å². The van der Waals surface area contributed by atoms with E-state index in [4.69, 9.17) is 4.98 Å². The number of rotatable bonds is 5. The average molecular weight is 528 g/mol. The van der Waals surface area contributed by atoms with Crippen LogP contribution in [0.4, 0.5) is 11.6 Å². The molecule has 1 aliphatic rings. The van der Waals surface area contributed by atoms with Gasteiger partial charge in [-0.1, -0.05) is 26.8 Å². The second-order valence-electron chi connectivity index (χ2n) is 11.9. The van der Waals surface area contributed by atoms with Crippen molar-refractivity contribution in [1.82, 2.24) is 29.2 Å². The molecule has 3 aromatic heterocycles. The number of nitrogens with zero attached hydrogens (tertiary/aromatic N) is 6. The Bertz CT molecular complexity index is 1610. The molecule has 0 fully saturated rings. The molecule has 1 aromatic carbocycles. The lowest BCUT2D eigenvalue weighted by molar-refractivity contribution is -0.133. The Kier molecular flexibility index (Phi) is 6.78. The highest BCUT2D eigenvalue weighted by Gasteiger charge is 2.26. The number of hydrogen-bond donors (Lipinski definition) is 1. The van der Waals surface area contributed by atoms with E-state index < -0.39 is 0 Å². The Hall–Kier alpha value is -4.01. The highest BCUT2D eigenvalue weighted by Crippen LogP contribution is 2.30. The van der Waals surface area contributed by atoms with Gasteiger partial charge in [-0.25, -0.2) is 14.3 Å². The molecule has 1 amide bonds. The van der Waals surface area contributed by atoms with Gasteiger partial charge in [0.2, 0.25) is 11.9 Å². The van der Waals surface area contributed by atoms with Gasteiger partial charge in [0.25, 0.3) is 5.56 Å². The number of aromatic nitrogens is 5. The number of nitrogens with one attached hydrogen (secondary N) is 1. The van der Waals surface area contributed by atoms with E-state index in [0.29, 0.717) is 17.0 Å². The molecule has 1 N–H and O–H groups in total. The van der Waals surface area contributed by atoms with Crippen molar-refractivity contribution in [2.75, 3.05) is 19.4 Å². The highest BCUT2D eigenvalue weighted by molar-refractivity contribution is 5.79. The van der Waals surface area contributed by atoms with Crippen molar-refractivity contribution in [2.45, 2.75) is 65.3 Å². The van der Waals surface area contributed by atoms with Crippen molar-refractivity contribution in [3.05, 3.63) is 69.9 Å². The van der Waals surface area contributed by atoms with E-state index >= 15 is 0 Å². The molecule has 3 heterocycles. The maximum atomic E-state index is 13.4. The SMILES string of the molecule is CC(C)n1c(=O)c2cnc(Nc3ccc4c(c3)CCC(C(=O)N(C)C)C4)nc2n1-c1ccnc(C(C)(C)C)c1. The van der Waals surface area contributed by atoms with Crippen molar-refractivity contribution in [3.63, 3.8) is 0 Å². The first kappa shape index (κ1) is 26.6. The Morgan fingerprint density at radius 2 is 1.87 bits per heavy atom. The van der Waals surface area contributed by atoms with Gasteiger partial charge in [-0.05, 0) is 68.5 Å². The minimum atomic E-state index is -0.143. The van der Waals surface area contributed by atoms with Crippen molar-refractivity contribution in [1.29, 1.82) is 0 Å². The number of aryl methyl sites for hydroxylation is 1. The van der Waals surface area contributed by atoms with E-state index in [1.54, 1.807) is 22.0 Å². The average Bonchev–Trinajstić information content (AvgIpc) is 3.19. The number of benzene rings is 1. The minimum Gasteiger partial charge on any atom is -0.349 e. The van der Waals surface area contributed by atoms with Crippen LogP contribution in [0.5, 0.6) is 0 Å². The first-order valence-corrected chi connectivity index (χ1v) is 13.5. The first-order valence-electron chi connectivity index (χ1n) is 13.5. The Labute approximate surface area is 228 Å². The van der Waals surface area contributed by atoms with Crippen molar-refractivity contribution >= 4 is 28.6 Å². The quantitative estimate of drug-likeness (QED) is 0.401. The maximum Gasteiger partial charge on any atom is 0.278 e. The molecule has 1 aliphatic carbocycles. The third-order valence-electron chi connectivity index (χ3n) is 7.35. The molecular formula is C30H37N7O2. The molecule has 204 valence electrons. The van der Waals surface area contributed by atoms with Crippen LogP contribution in [0.25, 0.3) is 16.7 Å². The van der Waals surface area contributed by atoms with Gasteiger partial charge in [0.1, 0.15) is 5.39 Å². The van der Waals surface area contributed by atoms with Crippen LogP contribution in [0, 0.1) is 5.92 Å². The second kappa shape index (κ2) is 9.94. The fourth-order valence-corrected chi connectivity index (χ4v) is 5.27. The summed E-state index contributed by atoms with van der Waals surface area (Å²) in [5.41, 5.74) is 5.35. The largest absolute Gasteiger partial charge is 0.349 e. The lowest BCUT2D eigenvalue weighted by atomic mass is 9.83. The van der Waals surface area contributed by atoms with Crippen LogP contribution in [-0.2, 0) is 23.1 Å². The lowest BCUT2D eigenvalue weighted by Gasteiger charge is -2.26. The van der Waals surface area contributed by atoms with Crippen LogP contribution in [0.2, 0.25) is 0 Å². The summed E-state index contributed by atoms with van der Waals surface area (Å²) in [6.45, 7) is 10.3. The summed E-state index contributed by atoms with van der Waals surface area (Å²) in [6, 6.07) is 10.0. The minimum absolute atomic E-state index is 0.0331. The van der Waals surface area contributed by atoms with Crippen molar-refractivity contribution in [3.8, 4) is 5.69 Å². The molecule has 9 nitrogen and oxygen atoms in total. The number of amides is 1. The topological polar surface area (TPSA) is 97.9 Å². The molecule has 39 heavy (non-hydrogen) atoms. The van der Waals surface area contributed by atoms with Crippen LogP contribution >= 0.6 is 0 Å². The predicted octanol–water partition coefficient (Wildman–Crippen LogP) is 4.79. The molecule has 0 saturated carbocycles. The summed E-state index contributed by atoms with van der Waals surface area (Å²) >= 11 is 0. The summed E-state index contributed by atoms with van der Waals surface area (Å²) in [5.74, 6) is 0.636. The Morgan fingerprint density at radius 3 is 2.56 bits per heavy atom. The fraction of sp³-hybridized carbons (Fsp3) is 0.433. The Morgan fingerprint density at radius 1 is 1.10 bits per heavy atom. The van der Waals surface area contributed by atoms with Crippen LogP contribution in [0.3, 0.4) is 0 Å². The summed E-state index contributed by atoms with van der Waals surface area (Å²) in [4.78, 5) is 41.4. The van der Waals surface area contributed by atoms with Gasteiger partial charge >= 0.3 is 0 Å². The van der Waals surface area contributed by atoms with Gasteiger partial charge in [0, 0.05) is 55.2 Å². The molecule has 0 aliphatic heterocycles. The van der Waals surface area contributed by atoms with Gasteiger partial charge in [-0.3, -0.25) is 14.6 Å². The number of carbonyl (C=O) groups is 1. The molecule has 0 saturated heterocycles. The van der Waals surface area contributed by atoms with Crippen LogP contribution in [0.15, 0.2) is 47.5 Å². The van der Waals surface area contributed by atoms with Crippen LogP contribution in [-0.4, -0.2) is 49.2 Å². The highest BCUT2D eigenvalue weighted by atomic mass is 16.2. The molecule has 4 aromatic rings. The van der Waals surface area contributed by atoms with Gasteiger partial charge in [0.05, 0.1) is 5.69 Å². The number of carbonyl (C=O) groups excluding carboxylic acids is 1. The molecule has 1 atom stereocenters. The van der Waals surface area contributed by atoms with Crippen LogP contribution < -0.4 is 10.9 Å². The number of anilines is 2. The molecule has 0 spiro atoms. The third kappa shape index (κ3) is 5.05. The summed E-state index contributed by atoms with van der Waals surface area (Å²) in [7, 11) is 3.63. The van der Waals surface area contributed by atoms with Gasteiger partial charge in [-0.15, -0.1) is 0 Å². The van der Waals surface area contributed by atoms with E-state index in [9.17, 15) is 9.59 Å². The summed E-state index contributed by atoms with van der Waals surface area (Å²) < 4.78 is 3.59. The maximum absolute atomic E-state index is 13.4. The van der Waals surface area contributed by atoms with Crippen molar-refractivity contribution < 1.29 is 4.79 Å². The molecule has 9 heteroatoms. The zero-order valence-corrected chi connectivity index (χ0v) is 23.8. The molecule has 0 radical (unpaired) electrons. The van der Waals surface area contributed by atoms with Gasteiger partial charge < -0.3 is 10.2 Å². The molecular weight excluding hydrogens is 490 g/mol. The Balaban J connectivity index is 1.52. The molecule has 5 rings (SSSR count). The molecule has 0 bridgehead atoms. The fourth-order valence-electron chi connectivity index (χ4n) is 5.27. The lowest BCUT2D eigenvalue weighted by Crippen LogP contribution is -2.33. The first-order chi connectivity index (χ1) is 18.4. The number of pyridine rings is 1. The standard InChI is InChI=1S/C30H37N7O2/c1-18(2)36-28(39)24-17-32-29(34-26(24)37(36)23-12-13-31-25(16-23)30(3,4)5)33-22-11-10-19-14-21(27(38)35(6)7)9-8-20(19)15-22/h10-13,15-18,21H,8-9,14H2,1-7H3,(H,32,33,34). The predicted molar refractivity (Wildman–Crippen MR) is 154 cm³/mol. The normalized spacial score (nSPS) is 15.4. The smallest absolute Gasteiger partial charge is 0.278 e. The van der Waals surface area contributed by atoms with Gasteiger partial charge in [0.15, 0.2) is 5.65 Å². The number of fused-ring (bicyclic) bond motifs is 2. The van der Waals surface area contributed by atoms with Gasteiger partial charge in [-0.2, -0.15) is 4.98 Å². The molecule has 1 unspecified atom stereocenters. The summed E-state index contributed by atoms with van der Waals surface area (Å²) in [5, 5.41) is 3.80. The van der Waals surface area contributed by atoms with E-state index in [-0.39, 0.29) is 28.8 Å². The third-order valence-corrected chi connectivity index (χ3v) is 7.35.